The van der Waals surface area contributed by atoms with Crippen LogP contribution in [0.5, 0.6) is 11.5 Å². The molecule has 6 heteroatoms. The summed E-state index contributed by atoms with van der Waals surface area (Å²) in [5.74, 6) is 1.68. The van der Waals surface area contributed by atoms with E-state index in [1.54, 1.807) is 0 Å². The Morgan fingerprint density at radius 2 is 1.15 bits per heavy atom. The first-order valence-corrected chi connectivity index (χ1v) is 11.7. The molecular formula is C27H23N3O2S. The lowest BCUT2D eigenvalue weighted by Gasteiger charge is -2.14. The van der Waals surface area contributed by atoms with Crippen molar-refractivity contribution in [3.05, 3.63) is 78.9 Å². The molecule has 2 aromatic heterocycles. The molecule has 5 rings (SSSR count). The van der Waals surface area contributed by atoms with Crippen molar-refractivity contribution in [1.29, 1.82) is 0 Å². The lowest BCUT2D eigenvalue weighted by atomic mass is 9.96. The molecule has 0 saturated heterocycles. The highest BCUT2D eigenvalue weighted by molar-refractivity contribution is 7.00. The summed E-state index contributed by atoms with van der Waals surface area (Å²) in [5, 5.41) is 0. The van der Waals surface area contributed by atoms with Crippen LogP contribution in [0.25, 0.3) is 44.7 Å². The van der Waals surface area contributed by atoms with Crippen molar-refractivity contribution in [2.45, 2.75) is 13.8 Å². The molecule has 0 saturated carbocycles. The molecule has 0 radical (unpaired) electrons. The van der Waals surface area contributed by atoms with E-state index in [1.807, 2.05) is 68.4 Å². The van der Waals surface area contributed by atoms with Crippen molar-refractivity contribution >= 4 is 22.8 Å². The van der Waals surface area contributed by atoms with Crippen molar-refractivity contribution in [1.82, 2.24) is 13.7 Å². The fourth-order valence-corrected chi connectivity index (χ4v) is 4.44. The van der Waals surface area contributed by atoms with Gasteiger partial charge in [-0.15, -0.1) is 0 Å². The van der Waals surface area contributed by atoms with Gasteiger partial charge in [-0.3, -0.25) is 0 Å². The fraction of sp³-hybridized carbons (Fsp3) is 0.148. The molecule has 0 spiro atoms. The molecule has 0 amide bonds. The summed E-state index contributed by atoms with van der Waals surface area (Å²) in [6, 6.07) is 26.3. The predicted molar refractivity (Wildman–Crippen MR) is 134 cm³/mol. The number of hydrogen-bond acceptors (Lipinski definition) is 6. The Kier molecular flexibility index (Phi) is 6.00. The minimum absolute atomic E-state index is 0.632. The first kappa shape index (κ1) is 21.1. The molecule has 0 aliphatic heterocycles. The number of rotatable bonds is 7. The molecule has 5 aromatic rings. The first-order valence-electron chi connectivity index (χ1n) is 11.0. The molecule has 2 heterocycles. The van der Waals surface area contributed by atoms with E-state index >= 15 is 0 Å². The molecular weight excluding hydrogens is 430 g/mol. The molecule has 5 nitrogen and oxygen atoms in total. The van der Waals surface area contributed by atoms with E-state index in [2.05, 4.69) is 28.6 Å². The summed E-state index contributed by atoms with van der Waals surface area (Å²) in [6.45, 7) is 5.22. The third-order valence-corrected chi connectivity index (χ3v) is 5.88. The second kappa shape index (κ2) is 9.38. The van der Waals surface area contributed by atoms with Gasteiger partial charge in [-0.1, -0.05) is 42.5 Å². The van der Waals surface area contributed by atoms with E-state index in [0.717, 1.165) is 56.2 Å². The van der Waals surface area contributed by atoms with Gasteiger partial charge in [0.15, 0.2) is 0 Å². The third kappa shape index (κ3) is 4.17. The third-order valence-electron chi connectivity index (χ3n) is 5.35. The molecule has 0 bridgehead atoms. The van der Waals surface area contributed by atoms with Gasteiger partial charge in [0.1, 0.15) is 28.2 Å². The Morgan fingerprint density at radius 3 is 1.76 bits per heavy atom. The van der Waals surface area contributed by atoms with Gasteiger partial charge >= 0.3 is 0 Å². The largest absolute Gasteiger partial charge is 0.494 e. The van der Waals surface area contributed by atoms with Gasteiger partial charge in [0.05, 0.1) is 30.6 Å². The van der Waals surface area contributed by atoms with Crippen LogP contribution in [0.2, 0.25) is 0 Å². The lowest BCUT2D eigenvalue weighted by molar-refractivity contribution is 0.340. The van der Waals surface area contributed by atoms with E-state index in [-0.39, 0.29) is 0 Å². The molecule has 0 aliphatic rings. The minimum atomic E-state index is 0.632. The van der Waals surface area contributed by atoms with Gasteiger partial charge in [-0.2, -0.15) is 8.75 Å². The number of hydrogen-bond donors (Lipinski definition) is 0. The van der Waals surface area contributed by atoms with E-state index in [1.165, 1.54) is 11.7 Å². The van der Waals surface area contributed by atoms with Crippen molar-refractivity contribution in [3.63, 3.8) is 0 Å². The van der Waals surface area contributed by atoms with Crippen LogP contribution in [0, 0.1) is 0 Å². The van der Waals surface area contributed by atoms with E-state index < -0.39 is 0 Å². The standard InChI is InChI=1S/C27H23N3O2S/c1-3-31-21-14-10-18(11-15-21)23-24(19-8-6-5-7-9-19)28-25(27-26(23)29-33-30-27)20-12-16-22(17-13-20)32-4-2/h5-17H,3-4H2,1-2H3. The van der Waals surface area contributed by atoms with Gasteiger partial charge in [0, 0.05) is 16.7 Å². The number of benzene rings is 3. The van der Waals surface area contributed by atoms with Crippen LogP contribution in [-0.4, -0.2) is 26.9 Å². The summed E-state index contributed by atoms with van der Waals surface area (Å²) >= 11 is 1.21. The molecule has 0 N–H and O–H groups in total. The second-order valence-corrected chi connectivity index (χ2v) is 7.95. The quantitative estimate of drug-likeness (QED) is 0.269. The Morgan fingerprint density at radius 1 is 0.606 bits per heavy atom. The smallest absolute Gasteiger partial charge is 0.131 e. The van der Waals surface area contributed by atoms with Crippen molar-refractivity contribution in [2.24, 2.45) is 0 Å². The van der Waals surface area contributed by atoms with Gasteiger partial charge in [-0.05, 0) is 55.8 Å². The molecule has 0 atom stereocenters. The maximum absolute atomic E-state index is 5.64. The molecule has 3 aromatic carbocycles. The van der Waals surface area contributed by atoms with E-state index in [9.17, 15) is 0 Å². The summed E-state index contributed by atoms with van der Waals surface area (Å²) in [7, 11) is 0. The number of ether oxygens (including phenoxy) is 2. The van der Waals surface area contributed by atoms with Crippen molar-refractivity contribution in [2.75, 3.05) is 13.2 Å². The average molecular weight is 454 g/mol. The number of fused-ring (bicyclic) bond motifs is 1. The monoisotopic (exact) mass is 453 g/mol. The van der Waals surface area contributed by atoms with Crippen LogP contribution >= 0.6 is 11.7 Å². The van der Waals surface area contributed by atoms with Gasteiger partial charge < -0.3 is 9.47 Å². The average Bonchev–Trinajstić information content (AvgIpc) is 3.35. The fourth-order valence-electron chi connectivity index (χ4n) is 3.88. The topological polar surface area (TPSA) is 57.1 Å². The Hall–Kier alpha value is -3.77. The van der Waals surface area contributed by atoms with Crippen LogP contribution < -0.4 is 9.47 Å². The number of nitrogens with zero attached hydrogens (tertiary/aromatic N) is 3. The van der Waals surface area contributed by atoms with E-state index in [0.29, 0.717) is 13.2 Å². The van der Waals surface area contributed by atoms with Gasteiger partial charge in [-0.25, -0.2) is 4.98 Å². The summed E-state index contributed by atoms with van der Waals surface area (Å²) in [5.41, 5.74) is 7.35. The summed E-state index contributed by atoms with van der Waals surface area (Å²) in [6.07, 6.45) is 0. The Labute approximate surface area is 197 Å². The lowest BCUT2D eigenvalue weighted by Crippen LogP contribution is -1.97. The summed E-state index contributed by atoms with van der Waals surface area (Å²) < 4.78 is 20.6. The summed E-state index contributed by atoms with van der Waals surface area (Å²) in [4.78, 5) is 5.16. The highest BCUT2D eigenvalue weighted by Crippen LogP contribution is 2.40. The Bertz CT molecular complexity index is 1360. The van der Waals surface area contributed by atoms with Crippen molar-refractivity contribution < 1.29 is 9.47 Å². The van der Waals surface area contributed by atoms with Gasteiger partial charge in [0.25, 0.3) is 0 Å². The Balaban J connectivity index is 1.73. The van der Waals surface area contributed by atoms with E-state index in [4.69, 9.17) is 18.8 Å². The zero-order chi connectivity index (χ0) is 22.6. The zero-order valence-electron chi connectivity index (χ0n) is 18.5. The highest BCUT2D eigenvalue weighted by Gasteiger charge is 2.21. The normalized spacial score (nSPS) is 11.0. The van der Waals surface area contributed by atoms with Crippen LogP contribution in [0.15, 0.2) is 78.9 Å². The molecule has 0 unspecified atom stereocenters. The second-order valence-electron chi connectivity index (χ2n) is 7.43. The number of pyridine rings is 1. The number of aromatic nitrogens is 3. The van der Waals surface area contributed by atoms with Crippen LogP contribution in [0.1, 0.15) is 13.8 Å². The SMILES string of the molecule is CCOc1ccc(-c2nc(-c3ccccc3)c(-c3ccc(OCC)cc3)c3nsnc23)cc1. The molecule has 0 aliphatic carbocycles. The maximum atomic E-state index is 5.64. The van der Waals surface area contributed by atoms with Crippen LogP contribution in [-0.2, 0) is 0 Å². The zero-order valence-corrected chi connectivity index (χ0v) is 19.3. The van der Waals surface area contributed by atoms with Crippen LogP contribution in [0.3, 0.4) is 0 Å². The van der Waals surface area contributed by atoms with Crippen LogP contribution in [0.4, 0.5) is 0 Å². The molecule has 33 heavy (non-hydrogen) atoms. The molecule has 164 valence electrons. The maximum Gasteiger partial charge on any atom is 0.131 e. The van der Waals surface area contributed by atoms with Gasteiger partial charge in [0.2, 0.25) is 0 Å². The highest BCUT2D eigenvalue weighted by atomic mass is 32.1. The van der Waals surface area contributed by atoms with Crippen molar-refractivity contribution in [3.8, 4) is 45.1 Å². The molecule has 0 fully saturated rings. The first-order chi connectivity index (χ1) is 16.3. The minimum Gasteiger partial charge on any atom is -0.494 e. The predicted octanol–water partition coefficient (Wildman–Crippen LogP) is 6.88.